The van der Waals surface area contributed by atoms with Gasteiger partial charge in [-0.1, -0.05) is 30.3 Å². The van der Waals surface area contributed by atoms with Gasteiger partial charge in [0.2, 0.25) is 0 Å². The number of aromatic nitrogens is 2. The first-order valence-corrected chi connectivity index (χ1v) is 6.10. The van der Waals surface area contributed by atoms with Crippen molar-refractivity contribution in [3.05, 3.63) is 52.8 Å². The van der Waals surface area contributed by atoms with Crippen molar-refractivity contribution in [2.75, 3.05) is 0 Å². The summed E-state index contributed by atoms with van der Waals surface area (Å²) < 4.78 is 2.06. The fourth-order valence-electron chi connectivity index (χ4n) is 2.60. The van der Waals surface area contributed by atoms with E-state index < -0.39 is 0 Å². The fraction of sp³-hybridized carbons (Fsp3) is 0.357. The van der Waals surface area contributed by atoms with Gasteiger partial charge in [-0.15, -0.1) is 0 Å². The Morgan fingerprint density at radius 1 is 1.18 bits per heavy atom. The maximum atomic E-state index is 9.31. The van der Waals surface area contributed by atoms with E-state index in [2.05, 4.69) is 21.9 Å². The van der Waals surface area contributed by atoms with Gasteiger partial charge in [-0.2, -0.15) is 5.10 Å². The molecular weight excluding hydrogens is 212 g/mol. The second kappa shape index (κ2) is 4.34. The Morgan fingerprint density at radius 2 is 2.00 bits per heavy atom. The molecule has 17 heavy (non-hydrogen) atoms. The van der Waals surface area contributed by atoms with Crippen LogP contribution >= 0.6 is 0 Å². The zero-order chi connectivity index (χ0) is 11.7. The number of hydrogen-bond acceptors (Lipinski definition) is 2. The molecule has 88 valence electrons. The molecule has 1 aromatic heterocycles. The number of hydrogen-bond donors (Lipinski definition) is 1. The molecule has 3 rings (SSSR count). The molecule has 0 saturated heterocycles. The fourth-order valence-corrected chi connectivity index (χ4v) is 2.60. The average molecular weight is 228 g/mol. The largest absolute Gasteiger partial charge is 0.390 e. The lowest BCUT2D eigenvalue weighted by Crippen LogP contribution is -2.05. The Bertz CT molecular complexity index is 517. The molecule has 1 N–H and O–H groups in total. The molecule has 1 heterocycles. The molecule has 0 spiro atoms. The predicted octanol–water partition coefficient (Wildman–Crippen LogP) is 1.91. The highest BCUT2D eigenvalue weighted by Crippen LogP contribution is 2.25. The third-order valence-electron chi connectivity index (χ3n) is 3.41. The second-order valence-corrected chi connectivity index (χ2v) is 4.53. The first kappa shape index (κ1) is 10.5. The molecule has 0 saturated carbocycles. The molecule has 1 aliphatic rings. The van der Waals surface area contributed by atoms with Gasteiger partial charge in [0.15, 0.2) is 0 Å². The standard InChI is InChI=1S/C14H16N2O/c17-10-13-12-7-4-8-14(12)16(15-13)9-11-5-2-1-3-6-11/h1-3,5-6,17H,4,7-10H2. The minimum absolute atomic E-state index is 0.0596. The van der Waals surface area contributed by atoms with Gasteiger partial charge in [0, 0.05) is 5.69 Å². The quantitative estimate of drug-likeness (QED) is 0.871. The maximum Gasteiger partial charge on any atom is 0.0913 e. The Kier molecular flexibility index (Phi) is 2.69. The van der Waals surface area contributed by atoms with Crippen LogP contribution in [0.2, 0.25) is 0 Å². The minimum atomic E-state index is 0.0596. The molecule has 3 nitrogen and oxygen atoms in total. The summed E-state index contributed by atoms with van der Waals surface area (Å²) in [6.07, 6.45) is 3.35. The number of fused-ring (bicyclic) bond motifs is 1. The molecule has 1 aliphatic carbocycles. The van der Waals surface area contributed by atoms with Crippen molar-refractivity contribution in [2.24, 2.45) is 0 Å². The summed E-state index contributed by atoms with van der Waals surface area (Å²) >= 11 is 0. The number of nitrogens with zero attached hydrogens (tertiary/aromatic N) is 2. The van der Waals surface area contributed by atoms with Crippen LogP contribution in [-0.2, 0) is 26.0 Å². The average Bonchev–Trinajstić information content (AvgIpc) is 2.94. The van der Waals surface area contributed by atoms with E-state index in [1.807, 2.05) is 18.2 Å². The summed E-state index contributed by atoms with van der Waals surface area (Å²) in [6.45, 7) is 0.868. The molecule has 3 heteroatoms. The molecule has 0 aliphatic heterocycles. The highest BCUT2D eigenvalue weighted by Gasteiger charge is 2.21. The molecule has 0 atom stereocenters. The topological polar surface area (TPSA) is 38.1 Å². The predicted molar refractivity (Wildman–Crippen MR) is 65.7 cm³/mol. The van der Waals surface area contributed by atoms with Crippen molar-refractivity contribution >= 4 is 0 Å². The SMILES string of the molecule is OCc1nn(Cc2ccccc2)c2c1CCC2. The third kappa shape index (κ3) is 1.87. The Balaban J connectivity index is 1.94. The molecule has 0 fully saturated rings. The van der Waals surface area contributed by atoms with Gasteiger partial charge in [0.1, 0.15) is 0 Å². The van der Waals surface area contributed by atoms with Crippen molar-refractivity contribution in [1.82, 2.24) is 9.78 Å². The minimum Gasteiger partial charge on any atom is -0.390 e. The molecule has 1 aromatic carbocycles. The van der Waals surface area contributed by atoms with E-state index >= 15 is 0 Å². The van der Waals surface area contributed by atoms with E-state index in [0.717, 1.165) is 25.1 Å². The molecular formula is C14H16N2O. The van der Waals surface area contributed by atoms with E-state index in [4.69, 9.17) is 0 Å². The van der Waals surface area contributed by atoms with Gasteiger partial charge in [0.25, 0.3) is 0 Å². The summed E-state index contributed by atoms with van der Waals surface area (Å²) in [6, 6.07) is 10.3. The van der Waals surface area contributed by atoms with Crippen molar-refractivity contribution in [1.29, 1.82) is 0 Å². The van der Waals surface area contributed by atoms with Crippen LogP contribution < -0.4 is 0 Å². The van der Waals surface area contributed by atoms with E-state index in [-0.39, 0.29) is 6.61 Å². The zero-order valence-corrected chi connectivity index (χ0v) is 9.76. The molecule has 0 bridgehead atoms. The third-order valence-corrected chi connectivity index (χ3v) is 3.41. The van der Waals surface area contributed by atoms with Gasteiger partial charge in [-0.3, -0.25) is 4.68 Å². The number of aliphatic hydroxyl groups excluding tert-OH is 1. The smallest absolute Gasteiger partial charge is 0.0913 e. The van der Waals surface area contributed by atoms with Crippen LogP contribution in [0.3, 0.4) is 0 Å². The molecule has 0 radical (unpaired) electrons. The van der Waals surface area contributed by atoms with Gasteiger partial charge in [-0.05, 0) is 30.4 Å². The first-order chi connectivity index (χ1) is 8.38. The van der Waals surface area contributed by atoms with Gasteiger partial charge < -0.3 is 5.11 Å². The molecule has 0 unspecified atom stereocenters. The molecule has 2 aromatic rings. The normalized spacial score (nSPS) is 13.9. The molecule has 0 amide bonds. The highest BCUT2D eigenvalue weighted by atomic mass is 16.3. The maximum absolute atomic E-state index is 9.31. The lowest BCUT2D eigenvalue weighted by atomic mass is 10.2. The zero-order valence-electron chi connectivity index (χ0n) is 9.76. The number of benzene rings is 1. The van der Waals surface area contributed by atoms with E-state index in [1.165, 1.54) is 23.2 Å². The van der Waals surface area contributed by atoms with E-state index in [1.54, 1.807) is 0 Å². The van der Waals surface area contributed by atoms with Crippen molar-refractivity contribution in [2.45, 2.75) is 32.4 Å². The van der Waals surface area contributed by atoms with E-state index in [0.29, 0.717) is 0 Å². The number of aliphatic hydroxyl groups is 1. The van der Waals surface area contributed by atoms with Crippen molar-refractivity contribution in [3.8, 4) is 0 Å². The van der Waals surface area contributed by atoms with Crippen LogP contribution in [-0.4, -0.2) is 14.9 Å². The lowest BCUT2D eigenvalue weighted by molar-refractivity contribution is 0.274. The Labute approximate surface area is 101 Å². The van der Waals surface area contributed by atoms with Crippen LogP contribution in [0.5, 0.6) is 0 Å². The first-order valence-electron chi connectivity index (χ1n) is 6.10. The summed E-state index contributed by atoms with van der Waals surface area (Å²) in [5.74, 6) is 0. The van der Waals surface area contributed by atoms with E-state index in [9.17, 15) is 5.11 Å². The summed E-state index contributed by atoms with van der Waals surface area (Å²) in [7, 11) is 0. The van der Waals surface area contributed by atoms with Gasteiger partial charge in [0.05, 0.1) is 18.8 Å². The highest BCUT2D eigenvalue weighted by molar-refractivity contribution is 5.31. The Morgan fingerprint density at radius 3 is 2.76 bits per heavy atom. The number of rotatable bonds is 3. The van der Waals surface area contributed by atoms with Gasteiger partial charge in [-0.25, -0.2) is 0 Å². The summed E-state index contributed by atoms with van der Waals surface area (Å²) in [5, 5.41) is 13.8. The van der Waals surface area contributed by atoms with Crippen LogP contribution in [0, 0.1) is 0 Å². The summed E-state index contributed by atoms with van der Waals surface area (Å²) in [5.41, 5.74) is 4.73. The monoisotopic (exact) mass is 228 g/mol. The van der Waals surface area contributed by atoms with Crippen LogP contribution in [0.4, 0.5) is 0 Å². The second-order valence-electron chi connectivity index (χ2n) is 4.53. The van der Waals surface area contributed by atoms with Crippen LogP contribution in [0.1, 0.15) is 28.9 Å². The van der Waals surface area contributed by atoms with Crippen molar-refractivity contribution < 1.29 is 5.11 Å². The van der Waals surface area contributed by atoms with Crippen LogP contribution in [0.25, 0.3) is 0 Å². The lowest BCUT2D eigenvalue weighted by Gasteiger charge is -2.05. The summed E-state index contributed by atoms with van der Waals surface area (Å²) in [4.78, 5) is 0. The van der Waals surface area contributed by atoms with Gasteiger partial charge >= 0.3 is 0 Å². The Hall–Kier alpha value is -1.61. The van der Waals surface area contributed by atoms with Crippen molar-refractivity contribution in [3.63, 3.8) is 0 Å². The van der Waals surface area contributed by atoms with Crippen LogP contribution in [0.15, 0.2) is 30.3 Å².